The predicted octanol–water partition coefficient (Wildman–Crippen LogP) is 1.95. The highest BCUT2D eigenvalue weighted by Crippen LogP contribution is 2.31. The molecule has 0 spiro atoms. The first kappa shape index (κ1) is 13.9. The van der Waals surface area contributed by atoms with E-state index in [-0.39, 0.29) is 6.04 Å². The lowest BCUT2D eigenvalue weighted by Gasteiger charge is -2.37. The Bertz CT molecular complexity index is 423. The molecule has 4 nitrogen and oxygen atoms in total. The van der Waals surface area contributed by atoms with Crippen LogP contribution in [0.25, 0.3) is 0 Å². The zero-order chi connectivity index (χ0) is 13.9. The van der Waals surface area contributed by atoms with Gasteiger partial charge in [-0.1, -0.05) is 12.1 Å². The van der Waals surface area contributed by atoms with Gasteiger partial charge in [-0.3, -0.25) is 4.90 Å². The van der Waals surface area contributed by atoms with Crippen molar-refractivity contribution in [3.8, 4) is 5.75 Å². The zero-order valence-corrected chi connectivity index (χ0v) is 12.1. The molecular formula is C16H24N2O2. The van der Waals surface area contributed by atoms with Crippen LogP contribution in [0.3, 0.4) is 0 Å². The molecule has 4 heteroatoms. The number of nitrogens with zero attached hydrogens (tertiary/aromatic N) is 1. The third-order valence-corrected chi connectivity index (χ3v) is 4.31. The van der Waals surface area contributed by atoms with Crippen molar-refractivity contribution in [1.82, 2.24) is 4.90 Å². The van der Waals surface area contributed by atoms with Crippen molar-refractivity contribution in [2.75, 3.05) is 26.2 Å². The van der Waals surface area contributed by atoms with Gasteiger partial charge in [-0.2, -0.15) is 0 Å². The summed E-state index contributed by atoms with van der Waals surface area (Å²) in [5, 5.41) is 0. The van der Waals surface area contributed by atoms with E-state index >= 15 is 0 Å². The molecule has 0 radical (unpaired) electrons. The second-order valence-electron chi connectivity index (χ2n) is 5.66. The van der Waals surface area contributed by atoms with Gasteiger partial charge in [-0.15, -0.1) is 0 Å². The molecule has 2 aliphatic heterocycles. The van der Waals surface area contributed by atoms with Crippen LogP contribution in [-0.4, -0.2) is 43.3 Å². The maximum absolute atomic E-state index is 6.03. The fourth-order valence-electron chi connectivity index (χ4n) is 3.35. The summed E-state index contributed by atoms with van der Waals surface area (Å²) < 4.78 is 11.4. The van der Waals surface area contributed by atoms with Crippen LogP contribution in [0.1, 0.15) is 31.4 Å². The fraction of sp³-hybridized carbons (Fsp3) is 0.625. The first-order valence-electron chi connectivity index (χ1n) is 7.62. The highest BCUT2D eigenvalue weighted by Gasteiger charge is 2.36. The Balaban J connectivity index is 1.72. The number of rotatable bonds is 5. The van der Waals surface area contributed by atoms with E-state index < -0.39 is 0 Å². The van der Waals surface area contributed by atoms with Crippen molar-refractivity contribution in [3.63, 3.8) is 0 Å². The second kappa shape index (κ2) is 6.12. The van der Waals surface area contributed by atoms with Crippen LogP contribution in [0.4, 0.5) is 0 Å². The minimum Gasteiger partial charge on any atom is -0.494 e. The molecule has 0 saturated carbocycles. The number of fused-ring (bicyclic) bond motifs is 2. The molecule has 0 aromatic heterocycles. The van der Waals surface area contributed by atoms with Crippen LogP contribution < -0.4 is 10.5 Å². The van der Waals surface area contributed by atoms with E-state index in [2.05, 4.69) is 17.0 Å². The number of hydrogen-bond donors (Lipinski definition) is 1. The third kappa shape index (κ3) is 2.82. The Labute approximate surface area is 120 Å². The number of nitrogens with two attached hydrogens (primary N) is 1. The average Bonchev–Trinajstić information content (AvgIpc) is 2.81. The molecule has 2 aliphatic rings. The van der Waals surface area contributed by atoms with Crippen LogP contribution in [-0.2, 0) is 4.74 Å². The van der Waals surface area contributed by atoms with Gasteiger partial charge in [0.2, 0.25) is 0 Å². The molecule has 1 aromatic rings. The quantitative estimate of drug-likeness (QED) is 0.893. The van der Waals surface area contributed by atoms with Gasteiger partial charge in [0.15, 0.2) is 0 Å². The van der Waals surface area contributed by atoms with Gasteiger partial charge in [0.1, 0.15) is 5.75 Å². The van der Waals surface area contributed by atoms with E-state index in [1.807, 2.05) is 19.1 Å². The first-order chi connectivity index (χ1) is 9.80. The van der Waals surface area contributed by atoms with Crippen LogP contribution in [0.15, 0.2) is 24.3 Å². The molecule has 2 saturated heterocycles. The highest BCUT2D eigenvalue weighted by molar-refractivity contribution is 5.29. The van der Waals surface area contributed by atoms with Crippen LogP contribution in [0.5, 0.6) is 5.75 Å². The lowest BCUT2D eigenvalue weighted by atomic mass is 10.0. The monoisotopic (exact) mass is 276 g/mol. The molecular weight excluding hydrogens is 252 g/mol. The molecule has 3 atom stereocenters. The van der Waals surface area contributed by atoms with Crippen molar-refractivity contribution < 1.29 is 9.47 Å². The molecule has 2 fully saturated rings. The van der Waals surface area contributed by atoms with Gasteiger partial charge in [-0.25, -0.2) is 0 Å². The van der Waals surface area contributed by atoms with Gasteiger partial charge in [0.05, 0.1) is 18.8 Å². The minimum atomic E-state index is 0.290. The van der Waals surface area contributed by atoms with Gasteiger partial charge in [-0.05, 0) is 37.5 Å². The van der Waals surface area contributed by atoms with Crippen LogP contribution in [0, 0.1) is 0 Å². The Morgan fingerprint density at radius 1 is 1.25 bits per heavy atom. The summed E-state index contributed by atoms with van der Waals surface area (Å²) in [6.07, 6.45) is 3.21. The summed E-state index contributed by atoms with van der Waals surface area (Å²) >= 11 is 0. The topological polar surface area (TPSA) is 47.7 Å². The van der Waals surface area contributed by atoms with Crippen molar-refractivity contribution in [2.24, 2.45) is 5.73 Å². The second-order valence-corrected chi connectivity index (χ2v) is 5.66. The number of likely N-dealkylation sites (tertiary alicyclic amines) is 1. The lowest BCUT2D eigenvalue weighted by molar-refractivity contribution is -0.0521. The minimum absolute atomic E-state index is 0.290. The Morgan fingerprint density at radius 2 is 1.90 bits per heavy atom. The predicted molar refractivity (Wildman–Crippen MR) is 78.9 cm³/mol. The molecule has 2 heterocycles. The Kier molecular flexibility index (Phi) is 4.24. The molecule has 1 aromatic carbocycles. The summed E-state index contributed by atoms with van der Waals surface area (Å²) in [6.45, 7) is 5.36. The standard InChI is InChI=1S/C16H24N2O2/c1-2-19-13-5-3-12(4-6-13)16(9-17)18-10-14-7-8-15(11-18)20-14/h3-6,14-16H,2,7-11,17H2,1H3. The molecule has 0 aliphatic carbocycles. The van der Waals surface area contributed by atoms with Crippen molar-refractivity contribution in [1.29, 1.82) is 0 Å². The van der Waals surface area contributed by atoms with E-state index in [9.17, 15) is 0 Å². The van der Waals surface area contributed by atoms with Crippen molar-refractivity contribution in [3.05, 3.63) is 29.8 Å². The third-order valence-electron chi connectivity index (χ3n) is 4.31. The SMILES string of the molecule is CCOc1ccc(C(CN)N2CC3CCC(C2)O3)cc1. The molecule has 3 unspecified atom stereocenters. The highest BCUT2D eigenvalue weighted by atomic mass is 16.5. The van der Waals surface area contributed by atoms with Crippen LogP contribution in [0.2, 0.25) is 0 Å². The Morgan fingerprint density at radius 3 is 2.45 bits per heavy atom. The van der Waals surface area contributed by atoms with Gasteiger partial charge >= 0.3 is 0 Å². The van der Waals surface area contributed by atoms with Gasteiger partial charge in [0.25, 0.3) is 0 Å². The fourth-order valence-corrected chi connectivity index (χ4v) is 3.35. The zero-order valence-electron chi connectivity index (χ0n) is 12.1. The number of morpholine rings is 1. The van der Waals surface area contributed by atoms with E-state index in [0.717, 1.165) is 18.8 Å². The largest absolute Gasteiger partial charge is 0.494 e. The number of hydrogen-bond acceptors (Lipinski definition) is 4. The molecule has 110 valence electrons. The Hall–Kier alpha value is -1.10. The van der Waals surface area contributed by atoms with Crippen molar-refractivity contribution in [2.45, 2.75) is 38.0 Å². The summed E-state index contributed by atoms with van der Waals surface area (Å²) in [5.41, 5.74) is 7.31. The number of ether oxygens (including phenoxy) is 2. The van der Waals surface area contributed by atoms with Gasteiger partial charge in [0, 0.05) is 25.7 Å². The normalized spacial score (nSPS) is 27.5. The van der Waals surface area contributed by atoms with E-state index in [4.69, 9.17) is 15.2 Å². The first-order valence-corrected chi connectivity index (χ1v) is 7.62. The van der Waals surface area contributed by atoms with E-state index in [1.54, 1.807) is 0 Å². The van der Waals surface area contributed by atoms with E-state index in [1.165, 1.54) is 18.4 Å². The summed E-state index contributed by atoms with van der Waals surface area (Å²) in [7, 11) is 0. The van der Waals surface area contributed by atoms with Crippen LogP contribution >= 0.6 is 0 Å². The maximum atomic E-state index is 6.03. The van der Waals surface area contributed by atoms with Crippen molar-refractivity contribution >= 4 is 0 Å². The summed E-state index contributed by atoms with van der Waals surface area (Å²) in [5.74, 6) is 0.925. The smallest absolute Gasteiger partial charge is 0.119 e. The summed E-state index contributed by atoms with van der Waals surface area (Å²) in [4.78, 5) is 2.49. The lowest BCUT2D eigenvalue weighted by Crippen LogP contribution is -2.46. The van der Waals surface area contributed by atoms with Gasteiger partial charge < -0.3 is 15.2 Å². The molecule has 2 bridgehead atoms. The molecule has 20 heavy (non-hydrogen) atoms. The maximum Gasteiger partial charge on any atom is 0.119 e. The molecule has 0 amide bonds. The molecule has 2 N–H and O–H groups in total. The molecule has 3 rings (SSSR count). The van der Waals surface area contributed by atoms with E-state index in [0.29, 0.717) is 25.4 Å². The number of benzene rings is 1. The average molecular weight is 276 g/mol. The summed E-state index contributed by atoms with van der Waals surface area (Å²) in [6, 6.07) is 8.64.